The summed E-state index contributed by atoms with van der Waals surface area (Å²) in [5.41, 5.74) is -0.569. The van der Waals surface area contributed by atoms with E-state index in [1.54, 1.807) is 36.5 Å². The van der Waals surface area contributed by atoms with Crippen LogP contribution < -0.4 is 5.32 Å². The van der Waals surface area contributed by atoms with Crippen molar-refractivity contribution in [1.82, 2.24) is 4.98 Å². The second kappa shape index (κ2) is 5.42. The van der Waals surface area contributed by atoms with Crippen LogP contribution in [0.1, 0.15) is 24.0 Å². The quantitative estimate of drug-likeness (QED) is 0.876. The monoisotopic (exact) mass is 336 g/mol. The van der Waals surface area contributed by atoms with E-state index in [0.29, 0.717) is 40.2 Å². The number of hydrogen-bond acceptors (Lipinski definition) is 3. The minimum Gasteiger partial charge on any atom is -0.359 e. The lowest BCUT2D eigenvalue weighted by Gasteiger charge is -2.39. The maximum absolute atomic E-state index is 14.3. The lowest BCUT2D eigenvalue weighted by atomic mass is 9.82. The van der Waals surface area contributed by atoms with E-state index in [9.17, 15) is 8.78 Å². The fourth-order valence-electron chi connectivity index (χ4n) is 3.00. The number of hydrogen-bond donors (Lipinski definition) is 1. The van der Waals surface area contributed by atoms with Crippen molar-refractivity contribution in [2.75, 3.05) is 11.9 Å². The molecule has 1 aliphatic carbocycles. The van der Waals surface area contributed by atoms with Gasteiger partial charge in [0.1, 0.15) is 5.82 Å². The van der Waals surface area contributed by atoms with Gasteiger partial charge >= 0.3 is 0 Å². The summed E-state index contributed by atoms with van der Waals surface area (Å²) >= 11 is 6.07. The molecule has 0 bridgehead atoms. The maximum atomic E-state index is 14.3. The minimum atomic E-state index is -2.73. The Balaban J connectivity index is 1.92. The van der Waals surface area contributed by atoms with Gasteiger partial charge in [-0.25, -0.2) is 13.8 Å². The Morgan fingerprint density at radius 2 is 2.13 bits per heavy atom. The fourth-order valence-corrected chi connectivity index (χ4v) is 3.17. The number of alkyl halides is 2. The Morgan fingerprint density at radius 3 is 2.87 bits per heavy atom. The van der Waals surface area contributed by atoms with E-state index >= 15 is 0 Å². The van der Waals surface area contributed by atoms with Crippen molar-refractivity contribution >= 4 is 23.1 Å². The Morgan fingerprint density at radius 1 is 1.30 bits per heavy atom. The molecule has 1 aliphatic heterocycles. The van der Waals surface area contributed by atoms with Gasteiger partial charge < -0.3 is 10.1 Å². The van der Waals surface area contributed by atoms with Crippen LogP contribution in [0.15, 0.2) is 36.5 Å². The lowest BCUT2D eigenvalue weighted by Crippen LogP contribution is -2.42. The third-order valence-corrected chi connectivity index (χ3v) is 4.63. The van der Waals surface area contributed by atoms with Crippen LogP contribution in [0.5, 0.6) is 0 Å². The van der Waals surface area contributed by atoms with Crippen molar-refractivity contribution in [3.8, 4) is 0 Å². The van der Waals surface area contributed by atoms with Crippen molar-refractivity contribution in [3.05, 3.63) is 52.7 Å². The van der Waals surface area contributed by atoms with E-state index in [0.717, 1.165) is 12.8 Å². The Kier molecular flexibility index (Phi) is 3.50. The predicted molar refractivity (Wildman–Crippen MR) is 84.4 cm³/mol. The molecule has 2 aromatic rings. The molecule has 2 heterocycles. The molecule has 120 valence electrons. The van der Waals surface area contributed by atoms with Gasteiger partial charge in [-0.3, -0.25) is 0 Å². The molecule has 6 heteroatoms. The number of fused-ring (bicyclic) bond motifs is 2. The molecule has 1 N–H and O–H groups in total. The van der Waals surface area contributed by atoms with E-state index in [1.807, 2.05) is 0 Å². The van der Waals surface area contributed by atoms with Crippen LogP contribution in [0.25, 0.3) is 0 Å². The summed E-state index contributed by atoms with van der Waals surface area (Å²) in [6, 6.07) is 8.19. The summed E-state index contributed by atoms with van der Waals surface area (Å²) < 4.78 is 34.5. The smallest absolute Gasteiger partial charge is 0.275 e. The van der Waals surface area contributed by atoms with Gasteiger partial charge in [0, 0.05) is 28.0 Å². The number of benzene rings is 1. The molecular weight excluding hydrogens is 322 g/mol. The molecular formula is C17H15ClF2N2O. The molecule has 0 spiro atoms. The summed E-state index contributed by atoms with van der Waals surface area (Å²) in [5.74, 6) is 0.765. The van der Waals surface area contributed by atoms with Crippen LogP contribution >= 0.6 is 11.6 Å². The number of nitrogens with one attached hydrogen (secondary N) is 1. The van der Waals surface area contributed by atoms with Gasteiger partial charge in [0.2, 0.25) is 0 Å². The first-order valence-corrected chi connectivity index (χ1v) is 7.93. The van der Waals surface area contributed by atoms with Gasteiger partial charge in [-0.2, -0.15) is 0 Å². The zero-order chi connectivity index (χ0) is 16.0. The van der Waals surface area contributed by atoms with Crippen molar-refractivity contribution in [2.45, 2.75) is 24.9 Å². The summed E-state index contributed by atoms with van der Waals surface area (Å²) in [6.07, 6.45) is 0.896. The fraction of sp³-hybridized carbons (Fsp3) is 0.353. The number of pyridine rings is 1. The third kappa shape index (κ3) is 2.39. The molecule has 1 saturated carbocycles. The first kappa shape index (κ1) is 14.8. The number of nitrogens with zero attached hydrogens (tertiary/aromatic N) is 1. The second-order valence-electron chi connectivity index (χ2n) is 6.01. The molecule has 3 nitrogen and oxygen atoms in total. The standard InChI is InChI=1S/C17H15ClF2N2O/c18-11-5-6-14-13(8-11)17(16(19)20,23-9-10-3-4-10)12-2-1-7-21-15(12)22-14/h1-2,5-8,10,16H,3-4,9H2,(H,21,22). The highest BCUT2D eigenvalue weighted by Gasteiger charge is 2.51. The molecule has 23 heavy (non-hydrogen) atoms. The minimum absolute atomic E-state index is 0.310. The SMILES string of the molecule is FC(F)C1(OCC2CC2)c2cc(Cl)ccc2Nc2ncccc21. The van der Waals surface area contributed by atoms with Crippen molar-refractivity contribution < 1.29 is 13.5 Å². The van der Waals surface area contributed by atoms with Crippen LogP contribution in [-0.2, 0) is 10.3 Å². The van der Waals surface area contributed by atoms with Crippen molar-refractivity contribution in [3.63, 3.8) is 0 Å². The number of halogens is 3. The normalized spacial score (nSPS) is 22.4. The molecule has 1 aromatic heterocycles. The van der Waals surface area contributed by atoms with Gasteiger partial charge in [-0.15, -0.1) is 0 Å². The van der Waals surface area contributed by atoms with E-state index < -0.39 is 12.0 Å². The van der Waals surface area contributed by atoms with Gasteiger partial charge in [0.25, 0.3) is 6.43 Å². The maximum Gasteiger partial charge on any atom is 0.275 e. The summed E-state index contributed by atoms with van der Waals surface area (Å²) in [4.78, 5) is 4.20. The molecule has 0 radical (unpaired) electrons. The molecule has 4 rings (SSSR count). The highest BCUT2D eigenvalue weighted by Crippen LogP contribution is 2.50. The van der Waals surface area contributed by atoms with Crippen LogP contribution in [0.2, 0.25) is 5.02 Å². The summed E-state index contributed by atoms with van der Waals surface area (Å²) in [7, 11) is 0. The zero-order valence-corrected chi connectivity index (χ0v) is 13.0. The predicted octanol–water partition coefficient (Wildman–Crippen LogP) is 4.73. The van der Waals surface area contributed by atoms with E-state index in [1.165, 1.54) is 0 Å². The number of aromatic nitrogens is 1. The van der Waals surface area contributed by atoms with Gasteiger partial charge in [-0.05, 0) is 43.0 Å². The number of rotatable bonds is 4. The molecule has 1 aromatic carbocycles. The van der Waals surface area contributed by atoms with Gasteiger partial charge in [0.05, 0.1) is 6.61 Å². The Bertz CT molecular complexity index is 751. The molecule has 1 atom stereocenters. The second-order valence-corrected chi connectivity index (χ2v) is 6.44. The van der Waals surface area contributed by atoms with E-state index in [-0.39, 0.29) is 0 Å². The Labute approximate surface area is 137 Å². The van der Waals surface area contributed by atoms with Crippen LogP contribution in [0.3, 0.4) is 0 Å². The number of anilines is 2. The summed E-state index contributed by atoms with van der Waals surface area (Å²) in [6.45, 7) is 0.310. The van der Waals surface area contributed by atoms with Crippen LogP contribution in [-0.4, -0.2) is 18.0 Å². The third-order valence-electron chi connectivity index (χ3n) is 4.39. The molecule has 1 fully saturated rings. The molecule has 1 unspecified atom stereocenters. The van der Waals surface area contributed by atoms with Gasteiger partial charge in [-0.1, -0.05) is 17.7 Å². The molecule has 0 saturated heterocycles. The highest BCUT2D eigenvalue weighted by atomic mass is 35.5. The molecule has 2 aliphatic rings. The largest absolute Gasteiger partial charge is 0.359 e. The van der Waals surface area contributed by atoms with Gasteiger partial charge in [0.15, 0.2) is 5.60 Å². The van der Waals surface area contributed by atoms with E-state index in [2.05, 4.69) is 10.3 Å². The first-order chi connectivity index (χ1) is 11.1. The average molecular weight is 337 g/mol. The van der Waals surface area contributed by atoms with Crippen LogP contribution in [0, 0.1) is 5.92 Å². The topological polar surface area (TPSA) is 34.1 Å². The molecule has 0 amide bonds. The lowest BCUT2D eigenvalue weighted by molar-refractivity contribution is -0.123. The van der Waals surface area contributed by atoms with Crippen LogP contribution in [0.4, 0.5) is 20.3 Å². The summed E-state index contributed by atoms with van der Waals surface area (Å²) in [5, 5.41) is 3.50. The average Bonchev–Trinajstić information content (AvgIpc) is 3.36. The highest BCUT2D eigenvalue weighted by molar-refractivity contribution is 6.30. The van der Waals surface area contributed by atoms with E-state index in [4.69, 9.17) is 16.3 Å². The van der Waals surface area contributed by atoms with Crippen molar-refractivity contribution in [2.24, 2.45) is 5.92 Å². The number of ether oxygens (including phenoxy) is 1. The zero-order valence-electron chi connectivity index (χ0n) is 12.2. The Hall–Kier alpha value is -1.72. The first-order valence-electron chi connectivity index (χ1n) is 7.56. The van der Waals surface area contributed by atoms with Crippen molar-refractivity contribution in [1.29, 1.82) is 0 Å².